The van der Waals surface area contributed by atoms with Crippen LogP contribution in [0.2, 0.25) is 0 Å². The van der Waals surface area contributed by atoms with Gasteiger partial charge in [0.1, 0.15) is 0 Å². The van der Waals surface area contributed by atoms with E-state index in [-0.39, 0.29) is 0 Å². The van der Waals surface area contributed by atoms with Gasteiger partial charge in [-0.3, -0.25) is 4.84 Å². The first-order valence-corrected chi connectivity index (χ1v) is 7.96. The summed E-state index contributed by atoms with van der Waals surface area (Å²) in [5.41, 5.74) is 9.34. The highest BCUT2D eigenvalue weighted by Gasteiger charge is 2.04. The van der Waals surface area contributed by atoms with Crippen LogP contribution in [-0.4, -0.2) is 6.54 Å². The summed E-state index contributed by atoms with van der Waals surface area (Å²) in [6.07, 6.45) is 0. The van der Waals surface area contributed by atoms with Crippen LogP contribution < -0.4 is 5.48 Å². The van der Waals surface area contributed by atoms with Gasteiger partial charge in [0.05, 0.1) is 6.61 Å². The second kappa shape index (κ2) is 7.73. The Morgan fingerprint density at radius 2 is 1.13 bits per heavy atom. The van der Waals surface area contributed by atoms with Crippen LogP contribution in [0, 0.1) is 0 Å². The molecule has 0 saturated carbocycles. The van der Waals surface area contributed by atoms with Crippen molar-refractivity contribution in [1.29, 1.82) is 0 Å². The summed E-state index contributed by atoms with van der Waals surface area (Å²) in [4.78, 5) is 5.26. The second-order valence-corrected chi connectivity index (χ2v) is 5.43. The van der Waals surface area contributed by atoms with Gasteiger partial charge in [-0.15, -0.1) is 0 Å². The summed E-state index contributed by atoms with van der Waals surface area (Å²) in [6.45, 7) is 3.43. The van der Waals surface area contributed by atoms with Crippen molar-refractivity contribution >= 4 is 0 Å². The van der Waals surface area contributed by atoms with E-state index in [1.165, 1.54) is 27.8 Å². The molecule has 2 aromatic carbocycles. The monoisotopic (exact) mass is 303 g/mol. The van der Waals surface area contributed by atoms with Crippen LogP contribution in [-0.2, 0) is 11.4 Å². The second-order valence-electron chi connectivity index (χ2n) is 5.43. The Morgan fingerprint density at radius 3 is 1.61 bits per heavy atom. The number of benzene rings is 3. The van der Waals surface area contributed by atoms with E-state index in [1.807, 2.05) is 13.0 Å². The maximum Gasteiger partial charge on any atom is 0.0933 e. The van der Waals surface area contributed by atoms with Gasteiger partial charge in [-0.05, 0) is 27.8 Å². The zero-order chi connectivity index (χ0) is 15.9. The van der Waals surface area contributed by atoms with Crippen molar-refractivity contribution in [3.63, 3.8) is 0 Å². The molecule has 0 saturated heterocycles. The number of hydrogen-bond donors (Lipinski definition) is 1. The SMILES string of the molecule is CCNOCc1ccc(-c2ccccc2)cc1.c1cc2ccc1-2. The first kappa shape index (κ1) is 15.5. The predicted molar refractivity (Wildman–Crippen MR) is 95.8 cm³/mol. The Morgan fingerprint density at radius 1 is 0.652 bits per heavy atom. The Hall–Kier alpha value is -2.42. The van der Waals surface area contributed by atoms with Crippen LogP contribution in [0.1, 0.15) is 12.5 Å². The van der Waals surface area contributed by atoms with Crippen molar-refractivity contribution in [2.24, 2.45) is 0 Å². The molecule has 2 aromatic rings. The Kier molecular flexibility index (Phi) is 5.20. The van der Waals surface area contributed by atoms with Gasteiger partial charge in [0.25, 0.3) is 0 Å². The van der Waals surface area contributed by atoms with Gasteiger partial charge in [0.15, 0.2) is 0 Å². The summed E-state index contributed by atoms with van der Waals surface area (Å²) in [6, 6.07) is 27.3. The maximum absolute atomic E-state index is 5.26. The smallest absolute Gasteiger partial charge is 0.0933 e. The Bertz CT molecular complexity index is 697. The average Bonchev–Trinajstić information content (AvgIpc) is 2.60. The minimum atomic E-state index is 0.600. The molecule has 1 N–H and O–H groups in total. The van der Waals surface area contributed by atoms with Crippen molar-refractivity contribution in [1.82, 2.24) is 5.48 Å². The number of fused-ring (bicyclic) bond motifs is 1. The minimum absolute atomic E-state index is 0.600. The number of nitrogens with one attached hydrogen (secondary N) is 1. The lowest BCUT2D eigenvalue weighted by Crippen LogP contribution is -2.12. The molecule has 0 spiro atoms. The van der Waals surface area contributed by atoms with Gasteiger partial charge < -0.3 is 0 Å². The Labute approximate surface area is 137 Å². The van der Waals surface area contributed by atoms with Crippen LogP contribution >= 0.6 is 0 Å². The average molecular weight is 303 g/mol. The molecule has 0 amide bonds. The summed E-state index contributed by atoms with van der Waals surface area (Å²) in [5.74, 6) is 0. The molecule has 2 aliphatic carbocycles. The van der Waals surface area contributed by atoms with Gasteiger partial charge in [0, 0.05) is 6.54 Å². The first-order chi connectivity index (χ1) is 11.4. The van der Waals surface area contributed by atoms with Crippen molar-refractivity contribution in [2.45, 2.75) is 13.5 Å². The number of hydroxylamine groups is 1. The molecule has 116 valence electrons. The molecule has 2 heteroatoms. The van der Waals surface area contributed by atoms with Gasteiger partial charge in [-0.1, -0.05) is 85.8 Å². The van der Waals surface area contributed by atoms with Gasteiger partial charge >= 0.3 is 0 Å². The fourth-order valence-electron chi connectivity index (χ4n) is 2.32. The van der Waals surface area contributed by atoms with E-state index in [4.69, 9.17) is 4.84 Å². The molecule has 0 fully saturated rings. The van der Waals surface area contributed by atoms with Crippen LogP contribution in [0.5, 0.6) is 0 Å². The highest BCUT2D eigenvalue weighted by atomic mass is 16.6. The lowest BCUT2D eigenvalue weighted by atomic mass is 9.95. The molecule has 0 atom stereocenters. The summed E-state index contributed by atoms with van der Waals surface area (Å²) in [5, 5.41) is 0. The summed E-state index contributed by atoms with van der Waals surface area (Å²) in [7, 11) is 0. The topological polar surface area (TPSA) is 21.3 Å². The molecular weight excluding hydrogens is 282 g/mol. The first-order valence-electron chi connectivity index (χ1n) is 7.96. The molecule has 0 heterocycles. The highest BCUT2D eigenvalue weighted by molar-refractivity contribution is 5.75. The van der Waals surface area contributed by atoms with E-state index in [0.717, 1.165) is 6.54 Å². The van der Waals surface area contributed by atoms with E-state index in [1.54, 1.807) is 0 Å². The third-order valence-electron chi connectivity index (χ3n) is 3.76. The maximum atomic E-state index is 5.26. The normalized spacial score (nSPS) is 10.7. The molecule has 4 rings (SSSR count). The molecule has 2 aliphatic rings. The fraction of sp³-hybridized carbons (Fsp3) is 0.143. The lowest BCUT2D eigenvalue weighted by molar-refractivity contribution is 0.0314. The quantitative estimate of drug-likeness (QED) is 0.411. The third-order valence-corrected chi connectivity index (χ3v) is 3.76. The van der Waals surface area contributed by atoms with Crippen molar-refractivity contribution < 1.29 is 4.84 Å². The molecule has 23 heavy (non-hydrogen) atoms. The molecule has 0 aliphatic heterocycles. The molecule has 0 unspecified atom stereocenters. The van der Waals surface area contributed by atoms with Crippen molar-refractivity contribution in [3.8, 4) is 22.3 Å². The molecule has 2 nitrogen and oxygen atoms in total. The molecule has 0 aromatic heterocycles. The minimum Gasteiger partial charge on any atom is -0.297 e. The molecule has 0 bridgehead atoms. The standard InChI is InChI=1S/C15H17NO.C6H4/c1-2-16-17-12-13-8-10-15(11-9-13)14-6-4-3-5-7-14;1-2-6-4-3-5(1)6/h3-11,16H,2,12H2,1H3;1-4H. The summed E-state index contributed by atoms with van der Waals surface area (Å²) < 4.78 is 0. The lowest BCUT2D eigenvalue weighted by Gasteiger charge is -2.10. The van der Waals surface area contributed by atoms with E-state index in [2.05, 4.69) is 78.3 Å². The molecule has 0 radical (unpaired) electrons. The zero-order valence-electron chi connectivity index (χ0n) is 13.3. The number of rotatable bonds is 5. The van der Waals surface area contributed by atoms with Crippen molar-refractivity contribution in [2.75, 3.05) is 6.54 Å². The van der Waals surface area contributed by atoms with Crippen LogP contribution in [0.3, 0.4) is 0 Å². The largest absolute Gasteiger partial charge is 0.297 e. The predicted octanol–water partition coefficient (Wildman–Crippen LogP) is 5.06. The van der Waals surface area contributed by atoms with Crippen molar-refractivity contribution in [3.05, 3.63) is 84.4 Å². The van der Waals surface area contributed by atoms with E-state index in [9.17, 15) is 0 Å². The zero-order valence-corrected chi connectivity index (χ0v) is 13.3. The number of hydrogen-bond acceptors (Lipinski definition) is 2. The van der Waals surface area contributed by atoms with Gasteiger partial charge in [0.2, 0.25) is 0 Å². The third kappa shape index (κ3) is 4.07. The van der Waals surface area contributed by atoms with Crippen LogP contribution in [0.4, 0.5) is 0 Å². The van der Waals surface area contributed by atoms with E-state index >= 15 is 0 Å². The van der Waals surface area contributed by atoms with Crippen LogP contribution in [0.25, 0.3) is 22.3 Å². The van der Waals surface area contributed by atoms with Crippen LogP contribution in [0.15, 0.2) is 78.9 Å². The fourth-order valence-corrected chi connectivity index (χ4v) is 2.32. The molecular formula is C21H21NO. The highest BCUT2D eigenvalue weighted by Crippen LogP contribution is 2.29. The van der Waals surface area contributed by atoms with E-state index < -0.39 is 0 Å². The van der Waals surface area contributed by atoms with E-state index in [0.29, 0.717) is 6.61 Å². The summed E-state index contributed by atoms with van der Waals surface area (Å²) >= 11 is 0. The Balaban J connectivity index is 0.000000213. The van der Waals surface area contributed by atoms with Gasteiger partial charge in [-0.2, -0.15) is 0 Å². The van der Waals surface area contributed by atoms with Gasteiger partial charge in [-0.25, -0.2) is 5.48 Å².